The lowest BCUT2D eigenvalue weighted by Crippen LogP contribution is -2.17. The molecule has 4 rings (SSSR count). The van der Waals surface area contributed by atoms with Gasteiger partial charge in [0.25, 0.3) is 11.1 Å². The maximum Gasteiger partial charge on any atom is 0.338 e. The maximum absolute atomic E-state index is 12.3. The highest BCUT2D eigenvalue weighted by atomic mass is 32.2. The van der Waals surface area contributed by atoms with Crippen molar-refractivity contribution in [3.05, 3.63) is 68.4 Å². The molecule has 1 saturated heterocycles. The molecule has 9 heteroatoms. The number of amides is 2. The molecule has 29 heavy (non-hydrogen) atoms. The molecule has 0 unspecified atom stereocenters. The number of aryl methyl sites for hydroxylation is 1. The predicted molar refractivity (Wildman–Crippen MR) is 115 cm³/mol. The van der Waals surface area contributed by atoms with Crippen LogP contribution in [-0.2, 0) is 16.1 Å². The number of benzene rings is 1. The number of carbonyl (C=O) groups excluding carboxylic acids is 3. The number of esters is 1. The van der Waals surface area contributed by atoms with Gasteiger partial charge in [-0.05, 0) is 54.6 Å². The average Bonchev–Trinajstić information content (AvgIpc) is 3.41. The zero-order valence-corrected chi connectivity index (χ0v) is 17.6. The van der Waals surface area contributed by atoms with E-state index in [4.69, 9.17) is 4.74 Å². The first kappa shape index (κ1) is 19.6. The number of nitrogens with zero attached hydrogens (tertiary/aromatic N) is 1. The Labute approximate surface area is 178 Å². The van der Waals surface area contributed by atoms with Gasteiger partial charge < -0.3 is 4.74 Å². The van der Waals surface area contributed by atoms with Crippen LogP contribution in [0.25, 0.3) is 16.0 Å². The quantitative estimate of drug-likeness (QED) is 0.449. The van der Waals surface area contributed by atoms with E-state index in [9.17, 15) is 14.4 Å². The van der Waals surface area contributed by atoms with Crippen LogP contribution >= 0.6 is 34.4 Å². The molecule has 0 atom stereocenters. The second-order valence-corrected chi connectivity index (χ2v) is 9.27. The number of hydrogen-bond donors (Lipinski definition) is 1. The number of aromatic nitrogens is 1. The van der Waals surface area contributed by atoms with Gasteiger partial charge in [0.2, 0.25) is 0 Å². The fourth-order valence-corrected chi connectivity index (χ4v) is 4.97. The third-order valence-electron chi connectivity index (χ3n) is 3.94. The maximum atomic E-state index is 12.3. The first-order valence-electron chi connectivity index (χ1n) is 8.51. The molecular formula is C20H14N2O4S3. The number of carbonyl (C=O) groups is 3. The molecule has 0 bridgehead atoms. The molecule has 1 aromatic carbocycles. The topological polar surface area (TPSA) is 85.4 Å². The third-order valence-corrected chi connectivity index (χ3v) is 6.81. The summed E-state index contributed by atoms with van der Waals surface area (Å²) < 4.78 is 5.35. The van der Waals surface area contributed by atoms with Gasteiger partial charge in [0, 0.05) is 10.3 Å². The number of nitrogens with one attached hydrogen (secondary N) is 1. The average molecular weight is 443 g/mol. The van der Waals surface area contributed by atoms with Crippen molar-refractivity contribution in [1.29, 1.82) is 0 Å². The molecule has 0 saturated carbocycles. The molecule has 1 aliphatic rings. The summed E-state index contributed by atoms with van der Waals surface area (Å²) in [4.78, 5) is 42.2. The summed E-state index contributed by atoms with van der Waals surface area (Å²) in [5.74, 6) is -0.863. The van der Waals surface area contributed by atoms with Gasteiger partial charge in [-0.25, -0.2) is 9.78 Å². The Kier molecular flexibility index (Phi) is 5.61. The van der Waals surface area contributed by atoms with Crippen LogP contribution in [0.1, 0.15) is 26.5 Å². The highest BCUT2D eigenvalue weighted by Gasteiger charge is 2.24. The highest BCUT2D eigenvalue weighted by molar-refractivity contribution is 8.18. The minimum atomic E-state index is -0.450. The predicted octanol–water partition coefficient (Wildman–Crippen LogP) is 4.86. The van der Waals surface area contributed by atoms with Crippen molar-refractivity contribution in [3.8, 4) is 9.88 Å². The second kappa shape index (κ2) is 8.32. The summed E-state index contributed by atoms with van der Waals surface area (Å²) in [7, 11) is 0. The summed E-state index contributed by atoms with van der Waals surface area (Å²) in [5.41, 5.74) is 1.82. The Bertz CT molecular complexity index is 1130. The standard InChI is InChI=1S/C20H14N2O4S3/c1-11-2-7-15(28-11)18-21-14(10-27-18)9-26-19(24)13-5-3-12(4-6-13)8-16-17(23)22-20(25)29-16/h2-8,10H,9H2,1H3,(H,22,23,25)/b16-8-. The van der Waals surface area contributed by atoms with Gasteiger partial charge >= 0.3 is 5.97 Å². The minimum Gasteiger partial charge on any atom is -0.456 e. The molecule has 3 heterocycles. The molecule has 1 N–H and O–H groups in total. The van der Waals surface area contributed by atoms with Crippen LogP contribution in [0.15, 0.2) is 46.7 Å². The minimum absolute atomic E-state index is 0.102. The number of hydrogen-bond acceptors (Lipinski definition) is 8. The van der Waals surface area contributed by atoms with Gasteiger partial charge in [0.05, 0.1) is 21.0 Å². The van der Waals surface area contributed by atoms with E-state index in [-0.39, 0.29) is 11.8 Å². The molecule has 1 aliphatic heterocycles. The molecule has 6 nitrogen and oxygen atoms in total. The third kappa shape index (κ3) is 4.64. The largest absolute Gasteiger partial charge is 0.456 e. The molecule has 2 amide bonds. The van der Waals surface area contributed by atoms with Crippen molar-refractivity contribution in [1.82, 2.24) is 10.3 Å². The van der Waals surface area contributed by atoms with E-state index in [1.807, 2.05) is 18.4 Å². The summed E-state index contributed by atoms with van der Waals surface area (Å²) in [6, 6.07) is 10.7. The van der Waals surface area contributed by atoms with Crippen molar-refractivity contribution in [2.24, 2.45) is 0 Å². The molecule has 0 spiro atoms. The van der Waals surface area contributed by atoms with Gasteiger partial charge in [-0.3, -0.25) is 14.9 Å². The number of thiophene rings is 1. The van der Waals surface area contributed by atoms with Crippen molar-refractivity contribution in [3.63, 3.8) is 0 Å². The van der Waals surface area contributed by atoms with E-state index in [0.29, 0.717) is 21.7 Å². The molecule has 2 aromatic heterocycles. The summed E-state index contributed by atoms with van der Waals surface area (Å²) in [5, 5.41) is 4.62. The van der Waals surface area contributed by atoms with Crippen molar-refractivity contribution >= 4 is 57.6 Å². The molecule has 1 fully saturated rings. The first-order valence-corrected chi connectivity index (χ1v) is 11.0. The summed E-state index contributed by atoms with van der Waals surface area (Å²) in [6.45, 7) is 2.15. The molecule has 0 radical (unpaired) electrons. The number of rotatable bonds is 5. The van der Waals surface area contributed by atoms with Gasteiger partial charge in [0.1, 0.15) is 11.6 Å². The van der Waals surface area contributed by atoms with Gasteiger partial charge in [-0.15, -0.1) is 22.7 Å². The zero-order valence-electron chi connectivity index (χ0n) is 15.1. The van der Waals surface area contributed by atoms with Gasteiger partial charge in [0.15, 0.2) is 0 Å². The normalized spacial score (nSPS) is 15.0. The summed E-state index contributed by atoms with van der Waals surface area (Å²) in [6.07, 6.45) is 1.60. The van der Waals surface area contributed by atoms with E-state index in [1.54, 1.807) is 41.7 Å². The smallest absolute Gasteiger partial charge is 0.338 e. The molecule has 3 aromatic rings. The fraction of sp³-hybridized carbons (Fsp3) is 0.100. The van der Waals surface area contributed by atoms with Gasteiger partial charge in [-0.2, -0.15) is 0 Å². The number of thiazole rings is 1. The van der Waals surface area contributed by atoms with Crippen molar-refractivity contribution in [2.45, 2.75) is 13.5 Å². The molecule has 0 aliphatic carbocycles. The van der Waals surface area contributed by atoms with E-state index < -0.39 is 11.9 Å². The van der Waals surface area contributed by atoms with Crippen LogP contribution in [0, 0.1) is 6.92 Å². The van der Waals surface area contributed by atoms with Crippen LogP contribution < -0.4 is 5.32 Å². The SMILES string of the molecule is Cc1ccc(-c2nc(COC(=O)c3ccc(/C=C4\SC(=O)NC4=O)cc3)cs2)s1. The lowest BCUT2D eigenvalue weighted by molar-refractivity contribution is -0.115. The highest BCUT2D eigenvalue weighted by Crippen LogP contribution is 2.30. The Hall–Kier alpha value is -2.75. The molecule has 146 valence electrons. The Balaban J connectivity index is 1.37. The Morgan fingerprint density at radius 1 is 1.17 bits per heavy atom. The van der Waals surface area contributed by atoms with Crippen molar-refractivity contribution < 1.29 is 19.1 Å². The zero-order chi connectivity index (χ0) is 20.4. The van der Waals surface area contributed by atoms with Gasteiger partial charge in [-0.1, -0.05) is 12.1 Å². The van der Waals surface area contributed by atoms with Crippen molar-refractivity contribution in [2.75, 3.05) is 0 Å². The van der Waals surface area contributed by atoms with Crippen LogP contribution in [0.3, 0.4) is 0 Å². The Morgan fingerprint density at radius 2 is 1.97 bits per heavy atom. The van der Waals surface area contributed by atoms with E-state index in [0.717, 1.165) is 21.6 Å². The number of imide groups is 1. The van der Waals surface area contributed by atoms with Crippen LogP contribution in [0.5, 0.6) is 0 Å². The second-order valence-electron chi connectivity index (χ2n) is 6.10. The van der Waals surface area contributed by atoms with Crippen LogP contribution in [-0.4, -0.2) is 22.1 Å². The van der Waals surface area contributed by atoms with Crippen LogP contribution in [0.2, 0.25) is 0 Å². The van der Waals surface area contributed by atoms with E-state index in [1.165, 1.54) is 16.2 Å². The fourth-order valence-electron chi connectivity index (χ4n) is 2.55. The van der Waals surface area contributed by atoms with E-state index >= 15 is 0 Å². The lowest BCUT2D eigenvalue weighted by Gasteiger charge is -2.03. The first-order chi connectivity index (χ1) is 14.0. The monoisotopic (exact) mass is 442 g/mol. The summed E-state index contributed by atoms with van der Waals surface area (Å²) >= 11 is 4.05. The number of thioether (sulfide) groups is 1. The van der Waals surface area contributed by atoms with E-state index in [2.05, 4.69) is 16.4 Å². The molecular weight excluding hydrogens is 428 g/mol. The lowest BCUT2D eigenvalue weighted by atomic mass is 10.1. The Morgan fingerprint density at radius 3 is 2.62 bits per heavy atom. The van der Waals surface area contributed by atoms with Crippen LogP contribution in [0.4, 0.5) is 4.79 Å². The number of ether oxygens (including phenoxy) is 1.